The van der Waals surface area contributed by atoms with Crippen molar-refractivity contribution in [1.82, 2.24) is 0 Å². The smallest absolute Gasteiger partial charge is 0.225 e. The molecule has 3 rings (SSSR count). The number of primary sulfonamides is 1. The standard InChI is InChI=1S/C19H17N3O4S2/c1-14-7-9-16(10-8-14)27(23,24)19-13-17(28(20,25)26)11-12-18(19)22-21-15-5-3-2-4-6-15/h2-13H,1H3,(H2,20,25,26)/b22-21+. The third kappa shape index (κ3) is 4.33. The molecule has 0 bridgehead atoms. The van der Waals surface area contributed by atoms with Gasteiger partial charge in [0.2, 0.25) is 19.9 Å². The van der Waals surface area contributed by atoms with Gasteiger partial charge in [-0.05, 0) is 49.4 Å². The summed E-state index contributed by atoms with van der Waals surface area (Å²) < 4.78 is 49.7. The molecule has 9 heteroatoms. The summed E-state index contributed by atoms with van der Waals surface area (Å²) in [5, 5.41) is 13.2. The summed E-state index contributed by atoms with van der Waals surface area (Å²) in [5.74, 6) is 0. The average molecular weight is 415 g/mol. The van der Waals surface area contributed by atoms with Crippen molar-refractivity contribution in [2.24, 2.45) is 15.4 Å². The third-order valence-corrected chi connectivity index (χ3v) is 6.62. The zero-order valence-corrected chi connectivity index (χ0v) is 16.5. The molecule has 0 fully saturated rings. The Morgan fingerprint density at radius 3 is 1.96 bits per heavy atom. The summed E-state index contributed by atoms with van der Waals surface area (Å²) in [5.41, 5.74) is 1.43. The highest BCUT2D eigenvalue weighted by Crippen LogP contribution is 2.33. The number of sulfonamides is 1. The van der Waals surface area contributed by atoms with Gasteiger partial charge in [0.05, 0.1) is 15.5 Å². The van der Waals surface area contributed by atoms with Crippen LogP contribution in [0.3, 0.4) is 0 Å². The molecule has 0 aliphatic carbocycles. The highest BCUT2D eigenvalue weighted by Gasteiger charge is 2.24. The van der Waals surface area contributed by atoms with Gasteiger partial charge in [-0.25, -0.2) is 22.0 Å². The minimum Gasteiger partial charge on any atom is -0.225 e. The maximum Gasteiger partial charge on any atom is 0.238 e. The number of azo groups is 1. The van der Waals surface area contributed by atoms with Gasteiger partial charge in [-0.2, -0.15) is 5.11 Å². The molecule has 0 heterocycles. The van der Waals surface area contributed by atoms with Crippen molar-refractivity contribution in [3.8, 4) is 0 Å². The lowest BCUT2D eigenvalue weighted by molar-refractivity contribution is 0.595. The molecule has 0 atom stereocenters. The first-order chi connectivity index (χ1) is 13.2. The number of benzene rings is 3. The zero-order valence-electron chi connectivity index (χ0n) is 14.8. The van der Waals surface area contributed by atoms with Crippen LogP contribution in [0.1, 0.15) is 5.56 Å². The summed E-state index contributed by atoms with van der Waals surface area (Å²) >= 11 is 0. The van der Waals surface area contributed by atoms with E-state index in [0.717, 1.165) is 11.6 Å². The van der Waals surface area contributed by atoms with Crippen molar-refractivity contribution in [1.29, 1.82) is 0 Å². The number of rotatable bonds is 5. The Hall–Kier alpha value is -2.88. The molecule has 3 aromatic carbocycles. The summed E-state index contributed by atoms with van der Waals surface area (Å²) in [4.78, 5) is -0.597. The SMILES string of the molecule is Cc1ccc(S(=O)(=O)c2cc(S(N)(=O)=O)ccc2/N=N/c2ccccc2)cc1. The minimum atomic E-state index is -4.10. The Labute approximate surface area is 163 Å². The van der Waals surface area contributed by atoms with Gasteiger partial charge >= 0.3 is 0 Å². The number of aryl methyl sites for hydroxylation is 1. The first-order valence-electron chi connectivity index (χ1n) is 8.13. The molecule has 144 valence electrons. The molecule has 2 N–H and O–H groups in total. The largest absolute Gasteiger partial charge is 0.238 e. The van der Waals surface area contributed by atoms with Crippen molar-refractivity contribution in [2.45, 2.75) is 21.6 Å². The molecule has 7 nitrogen and oxygen atoms in total. The van der Waals surface area contributed by atoms with Gasteiger partial charge in [-0.3, -0.25) is 0 Å². The molecule has 3 aromatic rings. The summed E-state index contributed by atoms with van der Waals surface area (Å²) in [6, 6.07) is 18.4. The van der Waals surface area contributed by atoms with E-state index in [1.807, 2.05) is 13.0 Å². The fourth-order valence-corrected chi connectivity index (χ4v) is 4.45. The lowest BCUT2D eigenvalue weighted by Gasteiger charge is -2.09. The Balaban J connectivity index is 2.18. The van der Waals surface area contributed by atoms with Crippen LogP contribution < -0.4 is 5.14 Å². The summed E-state index contributed by atoms with van der Waals surface area (Å²) in [7, 11) is -8.14. The van der Waals surface area contributed by atoms with Crippen LogP contribution in [0.2, 0.25) is 0 Å². The molecule has 0 saturated heterocycles. The second kappa shape index (κ2) is 7.63. The van der Waals surface area contributed by atoms with E-state index in [0.29, 0.717) is 5.69 Å². The number of sulfone groups is 1. The topological polar surface area (TPSA) is 119 Å². The lowest BCUT2D eigenvalue weighted by Crippen LogP contribution is -2.13. The monoisotopic (exact) mass is 415 g/mol. The first-order valence-corrected chi connectivity index (χ1v) is 11.2. The fraction of sp³-hybridized carbons (Fsp3) is 0.0526. The van der Waals surface area contributed by atoms with Crippen LogP contribution in [0, 0.1) is 6.92 Å². The fourth-order valence-electron chi connectivity index (χ4n) is 2.42. The average Bonchev–Trinajstić information content (AvgIpc) is 2.66. The maximum absolute atomic E-state index is 13.1. The van der Waals surface area contributed by atoms with Crippen LogP contribution in [-0.4, -0.2) is 16.8 Å². The quantitative estimate of drug-likeness (QED) is 0.636. The molecule has 0 aliphatic rings. The van der Waals surface area contributed by atoms with Crippen LogP contribution in [0.15, 0.2) is 97.7 Å². The summed E-state index contributed by atoms with van der Waals surface area (Å²) in [6.45, 7) is 1.83. The van der Waals surface area contributed by atoms with Crippen molar-refractivity contribution in [2.75, 3.05) is 0 Å². The zero-order chi connectivity index (χ0) is 20.4. The van der Waals surface area contributed by atoms with Gasteiger partial charge < -0.3 is 0 Å². The van der Waals surface area contributed by atoms with Crippen LogP contribution in [0.4, 0.5) is 11.4 Å². The van der Waals surface area contributed by atoms with Crippen LogP contribution in [-0.2, 0) is 19.9 Å². The molecule has 0 saturated carbocycles. The highest BCUT2D eigenvalue weighted by molar-refractivity contribution is 7.92. The van der Waals surface area contributed by atoms with E-state index in [-0.39, 0.29) is 20.4 Å². The van der Waals surface area contributed by atoms with Crippen LogP contribution in [0.25, 0.3) is 0 Å². The number of hydrogen-bond donors (Lipinski definition) is 1. The van der Waals surface area contributed by atoms with E-state index in [2.05, 4.69) is 10.2 Å². The Morgan fingerprint density at radius 1 is 0.750 bits per heavy atom. The second-order valence-corrected chi connectivity index (χ2v) is 9.51. The highest BCUT2D eigenvalue weighted by atomic mass is 32.2. The van der Waals surface area contributed by atoms with Gasteiger partial charge in [-0.15, -0.1) is 5.11 Å². The van der Waals surface area contributed by atoms with E-state index < -0.39 is 19.9 Å². The molecular weight excluding hydrogens is 398 g/mol. The Morgan fingerprint density at radius 2 is 1.36 bits per heavy atom. The predicted octanol–water partition coefficient (Wildman–Crippen LogP) is 3.89. The second-order valence-electron chi connectivity index (χ2n) is 6.03. The number of nitrogens with zero attached hydrogens (tertiary/aromatic N) is 2. The van der Waals surface area contributed by atoms with Crippen molar-refractivity contribution in [3.63, 3.8) is 0 Å². The van der Waals surface area contributed by atoms with Gasteiger partial charge in [-0.1, -0.05) is 35.9 Å². The minimum absolute atomic E-state index is 0.0110. The molecule has 0 aromatic heterocycles. The van der Waals surface area contributed by atoms with Crippen molar-refractivity contribution in [3.05, 3.63) is 78.4 Å². The van der Waals surface area contributed by atoms with Crippen LogP contribution >= 0.6 is 0 Å². The molecular formula is C19H17N3O4S2. The first kappa shape index (κ1) is 19.9. The van der Waals surface area contributed by atoms with Crippen molar-refractivity contribution < 1.29 is 16.8 Å². The van der Waals surface area contributed by atoms with E-state index in [4.69, 9.17) is 5.14 Å². The predicted molar refractivity (Wildman–Crippen MR) is 105 cm³/mol. The molecule has 0 aliphatic heterocycles. The van der Waals surface area contributed by atoms with Gasteiger partial charge in [0, 0.05) is 0 Å². The van der Waals surface area contributed by atoms with E-state index in [1.165, 1.54) is 24.3 Å². The molecule has 0 radical (unpaired) electrons. The third-order valence-electron chi connectivity index (χ3n) is 3.91. The van der Waals surface area contributed by atoms with Gasteiger partial charge in [0.1, 0.15) is 10.6 Å². The molecule has 0 spiro atoms. The summed E-state index contributed by atoms with van der Waals surface area (Å²) in [6.07, 6.45) is 0. The Kier molecular flexibility index (Phi) is 5.41. The van der Waals surface area contributed by atoms with Crippen molar-refractivity contribution >= 4 is 31.2 Å². The lowest BCUT2D eigenvalue weighted by atomic mass is 10.2. The maximum atomic E-state index is 13.1. The Bertz CT molecular complexity index is 1240. The van der Waals surface area contributed by atoms with E-state index >= 15 is 0 Å². The number of hydrogen-bond acceptors (Lipinski definition) is 6. The molecule has 28 heavy (non-hydrogen) atoms. The molecule has 0 unspecified atom stereocenters. The molecule has 0 amide bonds. The van der Waals surface area contributed by atoms with Gasteiger partial charge in [0.15, 0.2) is 0 Å². The van der Waals surface area contributed by atoms with E-state index in [1.54, 1.807) is 36.4 Å². The van der Waals surface area contributed by atoms with Crippen LogP contribution in [0.5, 0.6) is 0 Å². The normalized spacial score (nSPS) is 12.4. The van der Waals surface area contributed by atoms with Gasteiger partial charge in [0.25, 0.3) is 0 Å². The van der Waals surface area contributed by atoms with E-state index in [9.17, 15) is 16.8 Å². The number of nitrogens with two attached hydrogens (primary N) is 1.